The summed E-state index contributed by atoms with van der Waals surface area (Å²) in [4.78, 5) is 76.3. The van der Waals surface area contributed by atoms with Crippen LogP contribution in [-0.2, 0) is 33.5 Å². The van der Waals surface area contributed by atoms with Crippen molar-refractivity contribution in [3.05, 3.63) is 0 Å². The molecule has 0 amide bonds. The van der Waals surface area contributed by atoms with E-state index in [2.05, 4.69) is 0 Å². The van der Waals surface area contributed by atoms with Gasteiger partial charge in [-0.3, -0.25) is 48.4 Å². The first-order valence-electron chi connectivity index (χ1n) is 11.3. The van der Waals surface area contributed by atoms with E-state index in [0.717, 1.165) is 0 Å². The molecule has 2 fully saturated rings. The van der Waals surface area contributed by atoms with Crippen molar-refractivity contribution in [3.8, 4) is 0 Å². The van der Waals surface area contributed by atoms with Crippen LogP contribution < -0.4 is 0 Å². The highest BCUT2D eigenvalue weighted by Crippen LogP contribution is 2.14. The van der Waals surface area contributed by atoms with Gasteiger partial charge in [0.25, 0.3) is 0 Å². The number of carboxylic acid groups (broad SMARTS) is 3. The van der Waals surface area contributed by atoms with E-state index in [1.54, 1.807) is 19.6 Å². The van der Waals surface area contributed by atoms with Crippen molar-refractivity contribution in [3.63, 3.8) is 0 Å². The van der Waals surface area contributed by atoms with E-state index in [0.29, 0.717) is 0 Å². The maximum atomic E-state index is 12.5. The molecule has 1 saturated heterocycles. The lowest BCUT2D eigenvalue weighted by atomic mass is 10.3. The summed E-state index contributed by atoms with van der Waals surface area (Å²) in [7, 11) is 0. The van der Waals surface area contributed by atoms with Crippen LogP contribution in [0.25, 0.3) is 0 Å². The molecule has 0 bridgehead atoms. The zero-order chi connectivity index (χ0) is 26.0. The lowest BCUT2D eigenvalue weighted by Gasteiger charge is -2.32. The number of aliphatic carboxylic acids is 3. The minimum atomic E-state index is -1.39. The third kappa shape index (κ3) is 10.5. The smallest absolute Gasteiger partial charge is 0.321 e. The zero-order valence-corrected chi connectivity index (χ0v) is 19.5. The highest BCUT2D eigenvalue weighted by atomic mass is 16.6. The van der Waals surface area contributed by atoms with E-state index >= 15 is 0 Å². The molecule has 0 spiro atoms. The Kier molecular flexibility index (Phi) is 11.2. The van der Waals surface area contributed by atoms with Crippen molar-refractivity contribution < 1.29 is 48.8 Å². The molecule has 0 unspecified atom stereocenters. The monoisotopic (exact) mass is 500 g/mol. The average Bonchev–Trinajstić information content (AvgIpc) is 3.06. The Balaban J connectivity index is 2.11. The fourth-order valence-electron chi connectivity index (χ4n) is 3.96. The van der Waals surface area contributed by atoms with Crippen molar-refractivity contribution in [1.29, 1.82) is 0 Å². The van der Waals surface area contributed by atoms with Gasteiger partial charge >= 0.3 is 23.9 Å². The Labute approximate surface area is 202 Å². The number of nitrogens with zero attached hydrogens (tertiary/aromatic N) is 4. The molecule has 0 aromatic rings. The van der Waals surface area contributed by atoms with Crippen LogP contribution in [0.2, 0.25) is 0 Å². The van der Waals surface area contributed by atoms with E-state index in [-0.39, 0.29) is 91.4 Å². The summed E-state index contributed by atoms with van der Waals surface area (Å²) in [6, 6.07) is 0. The third-order valence-corrected chi connectivity index (χ3v) is 5.81. The number of rotatable bonds is 9. The number of ketones is 2. The number of carbonyl (C=O) groups is 6. The summed E-state index contributed by atoms with van der Waals surface area (Å²) < 4.78 is 5.09. The molecule has 0 aromatic carbocycles. The second-order valence-electron chi connectivity index (χ2n) is 8.59. The van der Waals surface area contributed by atoms with Crippen molar-refractivity contribution in [2.24, 2.45) is 0 Å². The number of carboxylic acids is 3. The van der Waals surface area contributed by atoms with Crippen LogP contribution in [0, 0.1) is 0 Å². The predicted molar refractivity (Wildman–Crippen MR) is 118 cm³/mol. The minimum Gasteiger partial charge on any atom is -0.480 e. The second kappa shape index (κ2) is 13.8. The van der Waals surface area contributed by atoms with Gasteiger partial charge in [-0.25, -0.2) is 0 Å². The Morgan fingerprint density at radius 2 is 0.886 bits per heavy atom. The van der Waals surface area contributed by atoms with Crippen LogP contribution in [0.1, 0.15) is 12.8 Å². The molecule has 14 nitrogen and oxygen atoms in total. The topological polar surface area (TPSA) is 185 Å². The molecule has 1 heterocycles. The maximum Gasteiger partial charge on any atom is 0.321 e. The molecule has 1 aliphatic heterocycles. The van der Waals surface area contributed by atoms with Crippen LogP contribution >= 0.6 is 0 Å². The minimum absolute atomic E-state index is 0.0354. The van der Waals surface area contributed by atoms with Crippen molar-refractivity contribution in [2.45, 2.75) is 18.9 Å². The largest absolute Gasteiger partial charge is 0.480 e. The van der Waals surface area contributed by atoms with Gasteiger partial charge in [0.05, 0.1) is 26.2 Å². The maximum absolute atomic E-state index is 12.5. The Morgan fingerprint density at radius 1 is 0.600 bits per heavy atom. The average molecular weight is 501 g/mol. The standard InChI is InChI=1S/C21H32N4O10/c26-15-1-2-16(27)21(15)35-20(34)14-25-9-7-23(12-18(30)31)5-3-22(11-17(28)29)4-6-24(8-10-25)13-19(32)33/h21H,1-14H2,(H,28,29)(H,30,31)(H,32,33). The summed E-state index contributed by atoms with van der Waals surface area (Å²) >= 11 is 0. The van der Waals surface area contributed by atoms with Crippen molar-refractivity contribution in [1.82, 2.24) is 19.6 Å². The summed E-state index contributed by atoms with van der Waals surface area (Å²) in [5, 5.41) is 27.7. The van der Waals surface area contributed by atoms with Crippen molar-refractivity contribution >= 4 is 35.4 Å². The van der Waals surface area contributed by atoms with Gasteiger partial charge in [0.15, 0.2) is 11.6 Å². The highest BCUT2D eigenvalue weighted by molar-refractivity contribution is 6.12. The summed E-state index contributed by atoms with van der Waals surface area (Å²) in [5.74, 6) is -4.81. The van der Waals surface area contributed by atoms with Crippen LogP contribution in [0.4, 0.5) is 0 Å². The molecule has 2 aliphatic rings. The quantitative estimate of drug-likeness (QED) is 0.219. The third-order valence-electron chi connectivity index (χ3n) is 5.81. The van der Waals surface area contributed by atoms with E-state index in [4.69, 9.17) is 4.74 Å². The number of hydrogen-bond donors (Lipinski definition) is 3. The Bertz CT molecular complexity index is 772. The molecule has 14 heteroatoms. The van der Waals surface area contributed by atoms with Gasteiger partial charge in [-0.15, -0.1) is 0 Å². The van der Waals surface area contributed by atoms with Crippen LogP contribution in [-0.4, -0.2) is 155 Å². The van der Waals surface area contributed by atoms with Gasteiger partial charge in [0, 0.05) is 65.2 Å². The molecule has 0 radical (unpaired) electrons. The predicted octanol–water partition coefficient (Wildman–Crippen LogP) is -2.69. The van der Waals surface area contributed by atoms with E-state index in [1.807, 2.05) is 0 Å². The molecular weight excluding hydrogens is 468 g/mol. The number of carbonyl (C=O) groups excluding carboxylic acids is 3. The fraction of sp³-hybridized carbons (Fsp3) is 0.714. The first kappa shape index (κ1) is 28.3. The molecule has 2 rings (SSSR count). The van der Waals surface area contributed by atoms with E-state index in [1.165, 1.54) is 0 Å². The molecule has 3 N–H and O–H groups in total. The first-order chi connectivity index (χ1) is 16.5. The van der Waals surface area contributed by atoms with Crippen LogP contribution in [0.3, 0.4) is 0 Å². The molecule has 35 heavy (non-hydrogen) atoms. The SMILES string of the molecule is O=C(O)CN1CCN(CC(=O)O)CCN(CC(=O)OC2C(=O)CCC2=O)CCN(CC(=O)O)CC1. The van der Waals surface area contributed by atoms with E-state index < -0.39 is 41.5 Å². The lowest BCUT2D eigenvalue weighted by molar-refractivity contribution is -0.158. The first-order valence-corrected chi connectivity index (χ1v) is 11.3. The summed E-state index contributed by atoms with van der Waals surface area (Å²) in [6.45, 7) is 0.866. The summed E-state index contributed by atoms with van der Waals surface area (Å²) in [5.41, 5.74) is 0. The number of Topliss-reactive ketones (excluding diaryl/α,β-unsaturated/α-hetero) is 2. The molecule has 0 aromatic heterocycles. The van der Waals surface area contributed by atoms with Gasteiger partial charge < -0.3 is 20.1 Å². The molecule has 0 atom stereocenters. The Hall–Kier alpha value is -2.94. The number of hydrogen-bond acceptors (Lipinski definition) is 11. The molecule has 196 valence electrons. The molecular formula is C21H32N4O10. The van der Waals surface area contributed by atoms with Gasteiger partial charge in [-0.05, 0) is 0 Å². The number of ether oxygens (including phenoxy) is 1. The van der Waals surface area contributed by atoms with Gasteiger partial charge in [-0.2, -0.15) is 0 Å². The Morgan fingerprint density at radius 3 is 1.17 bits per heavy atom. The summed E-state index contributed by atoms with van der Waals surface area (Å²) in [6.07, 6.45) is -1.32. The van der Waals surface area contributed by atoms with Crippen LogP contribution in [0.15, 0.2) is 0 Å². The second-order valence-corrected chi connectivity index (χ2v) is 8.59. The van der Waals surface area contributed by atoms with Gasteiger partial charge in [0.2, 0.25) is 6.10 Å². The fourth-order valence-corrected chi connectivity index (χ4v) is 3.96. The van der Waals surface area contributed by atoms with Gasteiger partial charge in [-0.1, -0.05) is 0 Å². The number of esters is 1. The van der Waals surface area contributed by atoms with Gasteiger partial charge in [0.1, 0.15) is 0 Å². The highest BCUT2D eigenvalue weighted by Gasteiger charge is 2.36. The zero-order valence-electron chi connectivity index (χ0n) is 19.5. The normalized spacial score (nSPS) is 20.8. The molecule has 1 aliphatic carbocycles. The van der Waals surface area contributed by atoms with E-state index in [9.17, 15) is 44.1 Å². The lowest BCUT2D eigenvalue weighted by Crippen LogP contribution is -2.49. The van der Waals surface area contributed by atoms with Crippen LogP contribution in [0.5, 0.6) is 0 Å². The van der Waals surface area contributed by atoms with Crippen molar-refractivity contribution in [2.75, 3.05) is 78.5 Å². The molecule has 1 saturated carbocycles.